The van der Waals surface area contributed by atoms with E-state index in [0.29, 0.717) is 5.69 Å². The lowest BCUT2D eigenvalue weighted by Gasteiger charge is -2.07. The maximum atomic E-state index is 11.6. The maximum absolute atomic E-state index is 11.6. The first-order valence-corrected chi connectivity index (χ1v) is 6.33. The van der Waals surface area contributed by atoms with Gasteiger partial charge in [-0.2, -0.15) is 0 Å². The predicted octanol–water partition coefficient (Wildman–Crippen LogP) is 3.69. The molecule has 3 rings (SSSR count). The van der Waals surface area contributed by atoms with E-state index < -0.39 is 5.97 Å². The Kier molecular flexibility index (Phi) is 3.17. The molecule has 0 unspecified atom stereocenters. The molecular formula is C17H13NO2. The number of rotatable bonds is 2. The fraction of sp³-hybridized carbons (Fsp3) is 0.0588. The number of aromatic nitrogens is 1. The van der Waals surface area contributed by atoms with Gasteiger partial charge < -0.3 is 4.74 Å². The van der Waals surface area contributed by atoms with Crippen LogP contribution >= 0.6 is 0 Å². The van der Waals surface area contributed by atoms with Crippen molar-refractivity contribution in [3.63, 3.8) is 0 Å². The van der Waals surface area contributed by atoms with E-state index in [1.165, 1.54) is 7.11 Å². The molecule has 98 valence electrons. The Morgan fingerprint density at radius 3 is 2.50 bits per heavy atom. The van der Waals surface area contributed by atoms with Crippen LogP contribution < -0.4 is 0 Å². The molecule has 0 spiro atoms. The highest BCUT2D eigenvalue weighted by atomic mass is 16.5. The van der Waals surface area contributed by atoms with Crippen LogP contribution in [0.2, 0.25) is 0 Å². The number of ether oxygens (including phenoxy) is 1. The van der Waals surface area contributed by atoms with Crippen LogP contribution in [0, 0.1) is 0 Å². The largest absolute Gasteiger partial charge is 0.464 e. The number of hydrogen-bond donors (Lipinski definition) is 0. The highest BCUT2D eigenvalue weighted by Crippen LogP contribution is 2.27. The van der Waals surface area contributed by atoms with Gasteiger partial charge >= 0.3 is 5.97 Å². The quantitative estimate of drug-likeness (QED) is 0.662. The zero-order chi connectivity index (χ0) is 13.9. The number of nitrogens with zero attached hydrogens (tertiary/aromatic N) is 1. The second-order valence-corrected chi connectivity index (χ2v) is 4.43. The van der Waals surface area contributed by atoms with Gasteiger partial charge in [-0.1, -0.05) is 54.6 Å². The van der Waals surface area contributed by atoms with E-state index in [0.717, 1.165) is 22.0 Å². The molecular weight excluding hydrogens is 250 g/mol. The number of carbonyl (C=O) groups is 1. The van der Waals surface area contributed by atoms with E-state index in [9.17, 15) is 4.79 Å². The molecule has 0 aliphatic heterocycles. The van der Waals surface area contributed by atoms with Crippen molar-refractivity contribution in [2.45, 2.75) is 0 Å². The lowest BCUT2D eigenvalue weighted by Crippen LogP contribution is -2.04. The van der Waals surface area contributed by atoms with E-state index in [1.807, 2.05) is 54.6 Å². The summed E-state index contributed by atoms with van der Waals surface area (Å²) in [5, 5.41) is 0.999. The van der Waals surface area contributed by atoms with Crippen molar-refractivity contribution in [3.8, 4) is 11.1 Å². The third kappa shape index (κ3) is 2.14. The molecule has 20 heavy (non-hydrogen) atoms. The number of methoxy groups -OCH3 is 1. The second-order valence-electron chi connectivity index (χ2n) is 4.43. The Labute approximate surface area is 116 Å². The number of esters is 1. The number of pyridine rings is 1. The van der Waals surface area contributed by atoms with E-state index in [1.54, 1.807) is 6.07 Å². The molecule has 1 heterocycles. The standard InChI is InChI=1S/C17H13NO2/c1-20-17(19)15-11-10-13-8-5-9-14(16(13)18-15)12-6-3-2-4-7-12/h2-11H,1H3. The van der Waals surface area contributed by atoms with Crippen LogP contribution in [0.15, 0.2) is 60.7 Å². The van der Waals surface area contributed by atoms with Gasteiger partial charge in [0.2, 0.25) is 0 Å². The van der Waals surface area contributed by atoms with E-state index in [2.05, 4.69) is 4.98 Å². The average Bonchev–Trinajstić information content (AvgIpc) is 2.54. The molecule has 0 aliphatic carbocycles. The Balaban J connectivity index is 2.24. The van der Waals surface area contributed by atoms with E-state index >= 15 is 0 Å². The van der Waals surface area contributed by atoms with Gasteiger partial charge in [0, 0.05) is 10.9 Å². The molecule has 0 fully saturated rings. The van der Waals surface area contributed by atoms with Crippen LogP contribution in [0.5, 0.6) is 0 Å². The first kappa shape index (κ1) is 12.4. The molecule has 3 heteroatoms. The van der Waals surface area contributed by atoms with Crippen LogP contribution in [0.25, 0.3) is 22.0 Å². The highest BCUT2D eigenvalue weighted by Gasteiger charge is 2.10. The fourth-order valence-electron chi connectivity index (χ4n) is 2.22. The summed E-state index contributed by atoms with van der Waals surface area (Å²) in [6.07, 6.45) is 0. The molecule has 2 aromatic carbocycles. The summed E-state index contributed by atoms with van der Waals surface area (Å²) in [6.45, 7) is 0. The third-order valence-corrected chi connectivity index (χ3v) is 3.20. The number of hydrogen-bond acceptors (Lipinski definition) is 3. The minimum absolute atomic E-state index is 0.323. The summed E-state index contributed by atoms with van der Waals surface area (Å²) in [5.41, 5.74) is 3.21. The van der Waals surface area contributed by atoms with Crippen LogP contribution in [0.4, 0.5) is 0 Å². The van der Waals surface area contributed by atoms with E-state index in [4.69, 9.17) is 4.74 Å². The van der Waals surface area contributed by atoms with Gasteiger partial charge in [0.15, 0.2) is 0 Å². The van der Waals surface area contributed by atoms with Crippen molar-refractivity contribution in [1.82, 2.24) is 4.98 Å². The molecule has 0 N–H and O–H groups in total. The lowest BCUT2D eigenvalue weighted by atomic mass is 10.0. The Morgan fingerprint density at radius 1 is 0.950 bits per heavy atom. The molecule has 3 aromatic rings. The molecule has 0 radical (unpaired) electrons. The molecule has 0 atom stereocenters. The molecule has 0 saturated heterocycles. The maximum Gasteiger partial charge on any atom is 0.356 e. The SMILES string of the molecule is COC(=O)c1ccc2cccc(-c3ccccc3)c2n1. The zero-order valence-corrected chi connectivity index (χ0v) is 11.0. The molecule has 0 saturated carbocycles. The Bertz CT molecular complexity index is 766. The van der Waals surface area contributed by atoms with Crippen molar-refractivity contribution in [1.29, 1.82) is 0 Å². The number of carbonyl (C=O) groups excluding carboxylic acids is 1. The topological polar surface area (TPSA) is 39.2 Å². The normalized spacial score (nSPS) is 10.4. The van der Waals surface area contributed by atoms with Gasteiger partial charge in [-0.05, 0) is 11.6 Å². The number of benzene rings is 2. The highest BCUT2D eigenvalue weighted by molar-refractivity contribution is 5.97. The molecule has 0 amide bonds. The zero-order valence-electron chi connectivity index (χ0n) is 11.0. The first-order valence-electron chi connectivity index (χ1n) is 6.33. The minimum Gasteiger partial charge on any atom is -0.464 e. The lowest BCUT2D eigenvalue weighted by molar-refractivity contribution is 0.0594. The Morgan fingerprint density at radius 2 is 1.75 bits per heavy atom. The molecule has 3 nitrogen and oxygen atoms in total. The summed E-state index contributed by atoms with van der Waals surface area (Å²) in [7, 11) is 1.36. The number of para-hydroxylation sites is 1. The van der Waals surface area contributed by atoms with Gasteiger partial charge in [0.05, 0.1) is 12.6 Å². The monoisotopic (exact) mass is 263 g/mol. The smallest absolute Gasteiger partial charge is 0.356 e. The first-order chi connectivity index (χ1) is 9.79. The fourth-order valence-corrected chi connectivity index (χ4v) is 2.22. The molecule has 0 aliphatic rings. The van der Waals surface area contributed by atoms with Crippen LogP contribution in [-0.4, -0.2) is 18.1 Å². The van der Waals surface area contributed by atoms with Gasteiger partial charge in [0.25, 0.3) is 0 Å². The van der Waals surface area contributed by atoms with Crippen molar-refractivity contribution in [3.05, 3.63) is 66.4 Å². The van der Waals surface area contributed by atoms with Gasteiger partial charge in [0.1, 0.15) is 5.69 Å². The van der Waals surface area contributed by atoms with Crippen molar-refractivity contribution < 1.29 is 9.53 Å². The van der Waals surface area contributed by atoms with E-state index in [-0.39, 0.29) is 0 Å². The summed E-state index contributed by atoms with van der Waals surface area (Å²) in [5.74, 6) is -0.422. The molecule has 1 aromatic heterocycles. The summed E-state index contributed by atoms with van der Waals surface area (Å²) in [4.78, 5) is 16.1. The van der Waals surface area contributed by atoms with Crippen LogP contribution in [0.3, 0.4) is 0 Å². The summed E-state index contributed by atoms with van der Waals surface area (Å²) >= 11 is 0. The van der Waals surface area contributed by atoms with Crippen molar-refractivity contribution in [2.75, 3.05) is 7.11 Å². The Hall–Kier alpha value is -2.68. The van der Waals surface area contributed by atoms with Gasteiger partial charge in [-0.3, -0.25) is 0 Å². The average molecular weight is 263 g/mol. The van der Waals surface area contributed by atoms with Gasteiger partial charge in [-0.15, -0.1) is 0 Å². The minimum atomic E-state index is -0.422. The molecule has 0 bridgehead atoms. The van der Waals surface area contributed by atoms with Gasteiger partial charge in [-0.25, -0.2) is 9.78 Å². The third-order valence-electron chi connectivity index (χ3n) is 3.20. The second kappa shape index (κ2) is 5.13. The van der Waals surface area contributed by atoms with Crippen molar-refractivity contribution in [2.24, 2.45) is 0 Å². The number of fused-ring (bicyclic) bond motifs is 1. The summed E-state index contributed by atoms with van der Waals surface area (Å²) in [6, 6.07) is 19.6. The van der Waals surface area contributed by atoms with Crippen LogP contribution in [0.1, 0.15) is 10.5 Å². The predicted molar refractivity (Wildman–Crippen MR) is 78.5 cm³/mol. The summed E-state index contributed by atoms with van der Waals surface area (Å²) < 4.78 is 4.73. The van der Waals surface area contributed by atoms with Crippen molar-refractivity contribution >= 4 is 16.9 Å². The van der Waals surface area contributed by atoms with Crippen LogP contribution in [-0.2, 0) is 4.74 Å².